The van der Waals surface area contributed by atoms with E-state index in [-0.39, 0.29) is 18.0 Å². The molecule has 2 N–H and O–H groups in total. The number of H-pyrrole nitrogens is 1. The summed E-state index contributed by atoms with van der Waals surface area (Å²) in [6.07, 6.45) is 8.20. The minimum absolute atomic E-state index is 0.0270. The van der Waals surface area contributed by atoms with Crippen molar-refractivity contribution >= 4 is 22.8 Å². The monoisotopic (exact) mass is 353 g/mol. The van der Waals surface area contributed by atoms with Gasteiger partial charge in [-0.15, -0.1) is 0 Å². The van der Waals surface area contributed by atoms with E-state index in [0.717, 1.165) is 55.9 Å². The minimum Gasteiger partial charge on any atom is -0.381 e. The molecule has 4 aliphatic rings. The zero-order chi connectivity index (χ0) is 17.7. The summed E-state index contributed by atoms with van der Waals surface area (Å²) in [5, 5.41) is 4.72. The quantitative estimate of drug-likeness (QED) is 0.822. The lowest BCUT2D eigenvalue weighted by molar-refractivity contribution is -0.126. The van der Waals surface area contributed by atoms with Crippen LogP contribution in [0.2, 0.25) is 0 Å². The largest absolute Gasteiger partial charge is 0.381 e. The molecule has 1 aliphatic carbocycles. The Balaban J connectivity index is 1.44. The Kier molecular flexibility index (Phi) is 3.70. The van der Waals surface area contributed by atoms with Crippen molar-refractivity contribution in [2.45, 2.75) is 37.3 Å². The molecular formula is C19H23N5O2. The maximum atomic E-state index is 12.0. The van der Waals surface area contributed by atoms with Crippen molar-refractivity contribution in [1.82, 2.24) is 19.9 Å². The molecular weight excluding hydrogens is 330 g/mol. The molecule has 6 rings (SSSR count). The second-order valence-electron chi connectivity index (χ2n) is 7.50. The molecule has 2 bridgehead atoms. The summed E-state index contributed by atoms with van der Waals surface area (Å²) in [5.74, 6) is 1.87. The van der Waals surface area contributed by atoms with Gasteiger partial charge in [0.2, 0.25) is 5.91 Å². The number of anilines is 1. The van der Waals surface area contributed by atoms with Gasteiger partial charge in [-0.2, -0.15) is 0 Å². The normalized spacial score (nSPS) is 28.2. The van der Waals surface area contributed by atoms with Gasteiger partial charge in [0.15, 0.2) is 0 Å². The number of nitrogens with zero attached hydrogens (tertiary/aromatic N) is 3. The van der Waals surface area contributed by atoms with Crippen molar-refractivity contribution in [3.8, 4) is 0 Å². The molecule has 0 aromatic carbocycles. The van der Waals surface area contributed by atoms with Gasteiger partial charge in [-0.05, 0) is 36.8 Å². The Morgan fingerprint density at radius 1 is 1.38 bits per heavy atom. The van der Waals surface area contributed by atoms with E-state index in [1.54, 1.807) is 6.33 Å². The maximum Gasteiger partial charge on any atom is 0.246 e. The summed E-state index contributed by atoms with van der Waals surface area (Å²) in [6, 6.07) is 0.496. The number of hydrogen-bond donors (Lipinski definition) is 2. The Morgan fingerprint density at radius 3 is 3.04 bits per heavy atom. The van der Waals surface area contributed by atoms with Gasteiger partial charge in [-0.1, -0.05) is 6.58 Å². The lowest BCUT2D eigenvalue weighted by atomic mass is 9.80. The summed E-state index contributed by atoms with van der Waals surface area (Å²) in [7, 11) is 0. The second-order valence-corrected chi connectivity index (χ2v) is 7.50. The van der Waals surface area contributed by atoms with E-state index in [1.165, 1.54) is 11.6 Å². The Morgan fingerprint density at radius 2 is 2.23 bits per heavy atom. The van der Waals surface area contributed by atoms with Crippen molar-refractivity contribution < 1.29 is 9.53 Å². The highest BCUT2D eigenvalue weighted by atomic mass is 16.5. The first kappa shape index (κ1) is 15.8. The van der Waals surface area contributed by atoms with Crippen LogP contribution < -0.4 is 5.32 Å². The minimum atomic E-state index is 0.0270. The number of rotatable bonds is 4. The molecule has 3 atom stereocenters. The fourth-order valence-corrected chi connectivity index (χ4v) is 4.79. The lowest BCUT2D eigenvalue weighted by Crippen LogP contribution is -2.49. The molecule has 0 unspecified atom stereocenters. The fraction of sp³-hybridized carbons (Fsp3) is 0.526. The number of aromatic amines is 1. The van der Waals surface area contributed by atoms with Gasteiger partial charge in [0, 0.05) is 31.9 Å². The molecule has 7 heteroatoms. The number of carbonyl (C=O) groups is 1. The molecule has 1 saturated carbocycles. The first-order valence-electron chi connectivity index (χ1n) is 9.35. The summed E-state index contributed by atoms with van der Waals surface area (Å²) in [6.45, 7) is 6.03. The number of nitrogens with one attached hydrogen (secondary N) is 2. The third-order valence-electron chi connectivity index (χ3n) is 6.22. The van der Waals surface area contributed by atoms with E-state index in [2.05, 4.69) is 33.0 Å². The molecule has 0 radical (unpaired) electrons. The van der Waals surface area contributed by atoms with Gasteiger partial charge in [-0.3, -0.25) is 4.79 Å². The maximum absolute atomic E-state index is 12.0. The first-order chi connectivity index (χ1) is 12.8. The van der Waals surface area contributed by atoms with E-state index in [9.17, 15) is 4.79 Å². The molecule has 4 fully saturated rings. The highest BCUT2D eigenvalue weighted by molar-refractivity contribution is 5.91. The van der Waals surface area contributed by atoms with Crippen LogP contribution in [0.4, 0.5) is 5.82 Å². The van der Waals surface area contributed by atoms with Crippen molar-refractivity contribution in [2.24, 2.45) is 5.92 Å². The number of aromatic nitrogens is 3. The topological polar surface area (TPSA) is 83.1 Å². The van der Waals surface area contributed by atoms with Crippen LogP contribution in [-0.2, 0) is 9.53 Å². The van der Waals surface area contributed by atoms with Crippen LogP contribution >= 0.6 is 0 Å². The molecule has 136 valence electrons. The van der Waals surface area contributed by atoms with Crippen molar-refractivity contribution in [3.05, 3.63) is 30.7 Å². The van der Waals surface area contributed by atoms with Crippen LogP contribution in [0.5, 0.6) is 0 Å². The number of amides is 1. The van der Waals surface area contributed by atoms with E-state index >= 15 is 0 Å². The number of fused-ring (bicyclic) bond motifs is 2. The average Bonchev–Trinajstić information content (AvgIpc) is 3.39. The van der Waals surface area contributed by atoms with Gasteiger partial charge < -0.3 is 19.9 Å². The first-order valence-corrected chi connectivity index (χ1v) is 9.35. The predicted octanol–water partition coefficient (Wildman–Crippen LogP) is 2.05. The SMILES string of the molecule is C=CC(=O)N1C[C@H]2C[C@@H]1[C@@H]2Nc1ncnc2[nH]cc(C3CCOCC3)c12. The van der Waals surface area contributed by atoms with E-state index < -0.39 is 0 Å². The number of hydrogen-bond acceptors (Lipinski definition) is 5. The van der Waals surface area contributed by atoms with Gasteiger partial charge >= 0.3 is 0 Å². The molecule has 3 aliphatic heterocycles. The zero-order valence-corrected chi connectivity index (χ0v) is 14.6. The van der Waals surface area contributed by atoms with Gasteiger partial charge in [0.05, 0.1) is 17.5 Å². The van der Waals surface area contributed by atoms with E-state index in [4.69, 9.17) is 4.74 Å². The van der Waals surface area contributed by atoms with Gasteiger partial charge in [-0.25, -0.2) is 9.97 Å². The predicted molar refractivity (Wildman–Crippen MR) is 97.9 cm³/mol. The van der Waals surface area contributed by atoms with Crippen LogP contribution in [0.1, 0.15) is 30.7 Å². The van der Waals surface area contributed by atoms with Crippen LogP contribution in [0.3, 0.4) is 0 Å². The summed E-state index contributed by atoms with van der Waals surface area (Å²) in [5.41, 5.74) is 2.15. The summed E-state index contributed by atoms with van der Waals surface area (Å²) in [4.78, 5) is 26.2. The third-order valence-corrected chi connectivity index (χ3v) is 6.22. The molecule has 3 saturated heterocycles. The molecule has 7 nitrogen and oxygen atoms in total. The molecule has 2 aromatic rings. The molecule has 0 spiro atoms. The van der Waals surface area contributed by atoms with Crippen LogP contribution in [0.15, 0.2) is 25.2 Å². The van der Waals surface area contributed by atoms with Crippen molar-refractivity contribution in [3.63, 3.8) is 0 Å². The zero-order valence-electron chi connectivity index (χ0n) is 14.6. The summed E-state index contributed by atoms with van der Waals surface area (Å²) >= 11 is 0. The Labute approximate surface area is 151 Å². The lowest BCUT2D eigenvalue weighted by Gasteiger charge is -2.37. The smallest absolute Gasteiger partial charge is 0.246 e. The highest BCUT2D eigenvalue weighted by Crippen LogP contribution is 2.44. The number of ether oxygens (including phenoxy) is 1. The molecule has 1 amide bonds. The number of carbonyl (C=O) groups excluding carboxylic acids is 1. The Hall–Kier alpha value is -2.41. The van der Waals surface area contributed by atoms with Crippen LogP contribution in [0.25, 0.3) is 11.0 Å². The van der Waals surface area contributed by atoms with Crippen LogP contribution in [0, 0.1) is 5.92 Å². The van der Waals surface area contributed by atoms with Crippen molar-refractivity contribution in [2.75, 3.05) is 25.1 Å². The fourth-order valence-electron chi connectivity index (χ4n) is 4.79. The summed E-state index contributed by atoms with van der Waals surface area (Å²) < 4.78 is 5.51. The third kappa shape index (κ3) is 2.34. The second kappa shape index (κ2) is 6.09. The highest BCUT2D eigenvalue weighted by Gasteiger charge is 2.53. The van der Waals surface area contributed by atoms with Crippen molar-refractivity contribution in [1.29, 1.82) is 0 Å². The van der Waals surface area contributed by atoms with Crippen LogP contribution in [-0.4, -0.2) is 57.6 Å². The van der Waals surface area contributed by atoms with Gasteiger partial charge in [0.25, 0.3) is 0 Å². The average molecular weight is 353 g/mol. The van der Waals surface area contributed by atoms with Gasteiger partial charge in [0.1, 0.15) is 17.8 Å². The molecule has 5 heterocycles. The Bertz CT molecular complexity index is 857. The van der Waals surface area contributed by atoms with E-state index in [0.29, 0.717) is 11.8 Å². The molecule has 26 heavy (non-hydrogen) atoms. The molecule has 2 aromatic heterocycles. The van der Waals surface area contributed by atoms with E-state index in [1.807, 2.05) is 4.90 Å². The standard InChI is InChI=1S/C19H23N5O2/c1-2-15(25)24-9-12-7-14(24)17(12)23-19-16-13(11-3-5-26-6-4-11)8-20-18(16)21-10-22-19/h2,8,10-12,14,17H,1,3-7,9H2,(H2,20,21,22,23)/t12-,14-,17-/m1/s1.